The topological polar surface area (TPSA) is 79.5 Å². The molecule has 6 nitrogen and oxygen atoms in total. The van der Waals surface area contributed by atoms with Gasteiger partial charge in [-0.15, -0.1) is 0 Å². The van der Waals surface area contributed by atoms with Gasteiger partial charge >= 0.3 is 0 Å². The first-order chi connectivity index (χ1) is 13.7. The van der Waals surface area contributed by atoms with Crippen molar-refractivity contribution in [2.24, 2.45) is 0 Å². The molecule has 0 atom stereocenters. The number of ether oxygens (including phenoxy) is 1. The number of hydrogen-bond acceptors (Lipinski definition) is 4. The zero-order valence-electron chi connectivity index (χ0n) is 17.2. The number of anilines is 1. The molecule has 29 heavy (non-hydrogen) atoms. The van der Waals surface area contributed by atoms with E-state index < -0.39 is 0 Å². The van der Waals surface area contributed by atoms with Gasteiger partial charge in [-0.1, -0.05) is 6.92 Å². The van der Waals surface area contributed by atoms with E-state index in [2.05, 4.69) is 16.0 Å². The highest BCUT2D eigenvalue weighted by molar-refractivity contribution is 7.80. The lowest BCUT2D eigenvalue weighted by Crippen LogP contribution is -2.40. The van der Waals surface area contributed by atoms with Gasteiger partial charge in [-0.25, -0.2) is 0 Å². The van der Waals surface area contributed by atoms with Gasteiger partial charge in [0, 0.05) is 22.4 Å². The minimum Gasteiger partial charge on any atom is -0.494 e. The third-order valence-corrected chi connectivity index (χ3v) is 3.91. The van der Waals surface area contributed by atoms with Gasteiger partial charge in [0.05, 0.1) is 6.61 Å². The number of carbonyl (C=O) groups excluding carboxylic acids is 2. The van der Waals surface area contributed by atoms with Crippen LogP contribution in [0.1, 0.15) is 54.8 Å². The zero-order valence-corrected chi connectivity index (χ0v) is 18.0. The predicted octanol–water partition coefficient (Wildman–Crippen LogP) is 4.13. The lowest BCUT2D eigenvalue weighted by Gasteiger charge is -2.20. The Balaban J connectivity index is 1.90. The Labute approximate surface area is 177 Å². The smallest absolute Gasteiger partial charge is 0.257 e. The second-order valence-electron chi connectivity index (χ2n) is 7.56. The quantitative estimate of drug-likeness (QED) is 0.621. The summed E-state index contributed by atoms with van der Waals surface area (Å²) in [6.45, 7) is 8.44. The number of carbonyl (C=O) groups is 2. The van der Waals surface area contributed by atoms with Crippen molar-refractivity contribution in [2.75, 3.05) is 11.9 Å². The lowest BCUT2D eigenvalue weighted by atomic mass is 10.1. The first kappa shape index (κ1) is 22.4. The van der Waals surface area contributed by atoms with Crippen molar-refractivity contribution in [1.82, 2.24) is 10.6 Å². The van der Waals surface area contributed by atoms with Crippen molar-refractivity contribution >= 4 is 34.8 Å². The van der Waals surface area contributed by atoms with Gasteiger partial charge in [-0.2, -0.15) is 0 Å². The monoisotopic (exact) mass is 413 g/mol. The molecule has 2 amide bonds. The zero-order chi connectivity index (χ0) is 21.4. The molecule has 0 bridgehead atoms. The third-order valence-electron chi connectivity index (χ3n) is 3.71. The van der Waals surface area contributed by atoms with Crippen LogP contribution in [0, 0.1) is 0 Å². The average Bonchev–Trinajstić information content (AvgIpc) is 2.65. The van der Waals surface area contributed by atoms with Crippen LogP contribution in [-0.2, 0) is 0 Å². The Hall–Kier alpha value is -2.93. The molecule has 0 saturated carbocycles. The lowest BCUT2D eigenvalue weighted by molar-refractivity contribution is 0.0918. The molecule has 2 rings (SSSR count). The van der Waals surface area contributed by atoms with Crippen molar-refractivity contribution in [1.29, 1.82) is 0 Å². The molecule has 7 heteroatoms. The van der Waals surface area contributed by atoms with Gasteiger partial charge in [-0.05, 0) is 87.9 Å². The Bertz CT molecular complexity index is 856. The van der Waals surface area contributed by atoms with Crippen LogP contribution in [0.2, 0.25) is 0 Å². The van der Waals surface area contributed by atoms with E-state index in [1.807, 2.05) is 27.7 Å². The average molecular weight is 414 g/mol. The van der Waals surface area contributed by atoms with E-state index >= 15 is 0 Å². The Kier molecular flexibility index (Phi) is 7.73. The minimum atomic E-state index is -0.314. The van der Waals surface area contributed by atoms with E-state index in [0.29, 0.717) is 23.4 Å². The maximum Gasteiger partial charge on any atom is 0.257 e. The number of amides is 2. The molecule has 0 saturated heterocycles. The van der Waals surface area contributed by atoms with Crippen LogP contribution in [0.4, 0.5) is 5.69 Å². The number of rotatable bonds is 6. The highest BCUT2D eigenvalue weighted by atomic mass is 32.1. The Morgan fingerprint density at radius 1 is 0.931 bits per heavy atom. The van der Waals surface area contributed by atoms with E-state index in [1.54, 1.807) is 48.5 Å². The van der Waals surface area contributed by atoms with E-state index in [-0.39, 0.29) is 22.5 Å². The molecule has 2 aromatic rings. The normalized spacial score (nSPS) is 10.8. The fraction of sp³-hybridized carbons (Fsp3) is 0.318. The van der Waals surface area contributed by atoms with Crippen molar-refractivity contribution in [3.63, 3.8) is 0 Å². The van der Waals surface area contributed by atoms with E-state index in [4.69, 9.17) is 17.0 Å². The van der Waals surface area contributed by atoms with E-state index in [9.17, 15) is 9.59 Å². The second kappa shape index (κ2) is 10.0. The fourth-order valence-corrected chi connectivity index (χ4v) is 2.59. The number of hydrogen-bond donors (Lipinski definition) is 3. The van der Waals surface area contributed by atoms with E-state index in [0.717, 1.165) is 12.2 Å². The summed E-state index contributed by atoms with van der Waals surface area (Å²) < 4.78 is 5.50. The summed E-state index contributed by atoms with van der Waals surface area (Å²) in [6, 6.07) is 13.7. The third kappa shape index (κ3) is 7.54. The highest BCUT2D eigenvalue weighted by Gasteiger charge is 2.15. The van der Waals surface area contributed by atoms with Gasteiger partial charge in [0.25, 0.3) is 11.8 Å². The summed E-state index contributed by atoms with van der Waals surface area (Å²) in [5.41, 5.74) is 1.39. The largest absolute Gasteiger partial charge is 0.494 e. The van der Waals surface area contributed by atoms with Crippen LogP contribution >= 0.6 is 12.2 Å². The molecule has 154 valence electrons. The molecule has 0 aromatic heterocycles. The number of nitrogens with one attached hydrogen (secondary N) is 3. The summed E-state index contributed by atoms with van der Waals surface area (Å²) in [4.78, 5) is 24.5. The molecule has 0 heterocycles. The maximum atomic E-state index is 12.3. The highest BCUT2D eigenvalue weighted by Crippen LogP contribution is 2.13. The van der Waals surface area contributed by atoms with Crippen molar-refractivity contribution < 1.29 is 14.3 Å². The van der Waals surface area contributed by atoms with Crippen LogP contribution in [0.15, 0.2) is 48.5 Å². The molecule has 0 aliphatic rings. The summed E-state index contributed by atoms with van der Waals surface area (Å²) in [5, 5.41) is 8.65. The van der Waals surface area contributed by atoms with Gasteiger partial charge < -0.3 is 15.4 Å². The van der Waals surface area contributed by atoms with Crippen LogP contribution in [-0.4, -0.2) is 29.1 Å². The van der Waals surface area contributed by atoms with Crippen molar-refractivity contribution in [3.05, 3.63) is 59.7 Å². The standard InChI is InChI=1S/C22H27N3O3S/c1-5-14-28-18-12-8-15(9-13-18)19(26)24-21(29)23-17-10-6-16(7-11-17)20(27)25-22(2,3)4/h6-13H,5,14H2,1-4H3,(H,25,27)(H2,23,24,26,29). The molecule has 0 aliphatic heterocycles. The predicted molar refractivity (Wildman–Crippen MR) is 120 cm³/mol. The molecule has 0 spiro atoms. The van der Waals surface area contributed by atoms with Gasteiger partial charge in [0.2, 0.25) is 0 Å². The first-order valence-corrected chi connectivity index (χ1v) is 9.86. The first-order valence-electron chi connectivity index (χ1n) is 9.46. The molecular formula is C22H27N3O3S. The maximum absolute atomic E-state index is 12.3. The van der Waals surface area contributed by atoms with Crippen molar-refractivity contribution in [3.8, 4) is 5.75 Å². The minimum absolute atomic E-state index is 0.147. The van der Waals surface area contributed by atoms with Crippen LogP contribution in [0.5, 0.6) is 5.75 Å². The van der Waals surface area contributed by atoms with Crippen molar-refractivity contribution in [2.45, 2.75) is 39.7 Å². The molecule has 0 unspecified atom stereocenters. The van der Waals surface area contributed by atoms with Gasteiger partial charge in [0.1, 0.15) is 5.75 Å². The molecule has 0 aliphatic carbocycles. The fourth-order valence-electron chi connectivity index (χ4n) is 2.38. The van der Waals surface area contributed by atoms with Gasteiger partial charge in [0.15, 0.2) is 5.11 Å². The molecule has 0 radical (unpaired) electrons. The number of benzene rings is 2. The molecule has 2 aromatic carbocycles. The molecule has 0 fully saturated rings. The summed E-state index contributed by atoms with van der Waals surface area (Å²) in [6.07, 6.45) is 0.921. The number of thiocarbonyl (C=S) groups is 1. The Morgan fingerprint density at radius 3 is 2.03 bits per heavy atom. The molecule has 3 N–H and O–H groups in total. The van der Waals surface area contributed by atoms with E-state index in [1.165, 1.54) is 0 Å². The summed E-state index contributed by atoms with van der Waals surface area (Å²) in [7, 11) is 0. The summed E-state index contributed by atoms with van der Waals surface area (Å²) >= 11 is 5.20. The van der Waals surface area contributed by atoms with Crippen LogP contribution in [0.25, 0.3) is 0 Å². The molecular weight excluding hydrogens is 386 g/mol. The van der Waals surface area contributed by atoms with Gasteiger partial charge in [-0.3, -0.25) is 14.9 Å². The Morgan fingerprint density at radius 2 is 1.48 bits per heavy atom. The van der Waals surface area contributed by atoms with Crippen LogP contribution < -0.4 is 20.7 Å². The van der Waals surface area contributed by atoms with Crippen LogP contribution in [0.3, 0.4) is 0 Å². The summed E-state index contributed by atoms with van der Waals surface area (Å²) in [5.74, 6) is 0.261. The second-order valence-corrected chi connectivity index (χ2v) is 7.97. The SMILES string of the molecule is CCCOc1ccc(C(=O)NC(=S)Nc2ccc(C(=O)NC(C)(C)C)cc2)cc1.